The van der Waals surface area contributed by atoms with Gasteiger partial charge in [-0.1, -0.05) is 29.3 Å². The van der Waals surface area contributed by atoms with E-state index in [0.717, 1.165) is 49.2 Å². The molecule has 0 radical (unpaired) electrons. The number of hydrogen-bond acceptors (Lipinski definition) is 3. The van der Waals surface area contributed by atoms with Gasteiger partial charge in [-0.3, -0.25) is 0 Å². The van der Waals surface area contributed by atoms with Gasteiger partial charge in [0, 0.05) is 36.2 Å². The number of rotatable bonds is 7. The molecule has 1 unspecified atom stereocenters. The molecule has 0 saturated heterocycles. The number of nitrogens with one attached hydrogen (secondary N) is 1. The first-order chi connectivity index (χ1) is 9.24. The van der Waals surface area contributed by atoms with E-state index in [1.54, 1.807) is 7.11 Å². The fourth-order valence-electron chi connectivity index (χ4n) is 2.53. The van der Waals surface area contributed by atoms with Crippen molar-refractivity contribution in [3.8, 4) is 5.75 Å². The molecular formula is C15H22BrNO2. The summed E-state index contributed by atoms with van der Waals surface area (Å²) in [5.74, 6) is 1.07. The zero-order chi connectivity index (χ0) is 13.7. The minimum Gasteiger partial charge on any atom is -0.493 e. The molecular weight excluding hydrogens is 306 g/mol. The van der Waals surface area contributed by atoms with Gasteiger partial charge in [-0.05, 0) is 24.1 Å². The smallest absolute Gasteiger partial charge is 0.127 e. The third kappa shape index (κ3) is 3.94. The Morgan fingerprint density at radius 1 is 1.47 bits per heavy atom. The Bertz CT molecular complexity index is 417. The van der Waals surface area contributed by atoms with Crippen LogP contribution in [0.3, 0.4) is 0 Å². The Kier molecular flexibility index (Phi) is 5.67. The molecule has 1 aromatic carbocycles. The lowest BCUT2D eigenvalue weighted by Gasteiger charge is -2.18. The van der Waals surface area contributed by atoms with Crippen LogP contribution in [0.1, 0.15) is 30.9 Å². The molecule has 1 aliphatic rings. The Morgan fingerprint density at radius 3 is 3.05 bits per heavy atom. The predicted octanol–water partition coefficient (Wildman–Crippen LogP) is 3.29. The van der Waals surface area contributed by atoms with Crippen LogP contribution < -0.4 is 10.1 Å². The topological polar surface area (TPSA) is 30.5 Å². The maximum atomic E-state index is 5.74. The summed E-state index contributed by atoms with van der Waals surface area (Å²) in [4.78, 5) is 0. The predicted molar refractivity (Wildman–Crippen MR) is 80.8 cm³/mol. The van der Waals surface area contributed by atoms with Gasteiger partial charge in [0.05, 0.1) is 13.2 Å². The molecule has 1 heterocycles. The Labute approximate surface area is 123 Å². The lowest BCUT2D eigenvalue weighted by molar-refractivity contribution is 0.161. The van der Waals surface area contributed by atoms with E-state index in [9.17, 15) is 0 Å². The Morgan fingerprint density at radius 2 is 2.32 bits per heavy atom. The molecule has 1 N–H and O–H groups in total. The van der Waals surface area contributed by atoms with E-state index in [1.165, 1.54) is 11.1 Å². The van der Waals surface area contributed by atoms with Crippen LogP contribution in [0.2, 0.25) is 0 Å². The lowest BCUT2D eigenvalue weighted by Crippen LogP contribution is -2.32. The van der Waals surface area contributed by atoms with Crippen molar-refractivity contribution in [2.24, 2.45) is 0 Å². The van der Waals surface area contributed by atoms with Crippen molar-refractivity contribution in [1.29, 1.82) is 0 Å². The van der Waals surface area contributed by atoms with Crippen LogP contribution in [-0.4, -0.2) is 26.4 Å². The van der Waals surface area contributed by atoms with E-state index in [-0.39, 0.29) is 0 Å². The second-order valence-electron chi connectivity index (χ2n) is 4.97. The lowest BCUT2D eigenvalue weighted by atomic mass is 10.1. The van der Waals surface area contributed by atoms with E-state index < -0.39 is 0 Å². The Hall–Kier alpha value is -0.580. The molecule has 106 valence electrons. The third-order valence-corrected chi connectivity index (χ3v) is 3.87. The average molecular weight is 328 g/mol. The van der Waals surface area contributed by atoms with E-state index in [4.69, 9.17) is 9.47 Å². The van der Waals surface area contributed by atoms with E-state index >= 15 is 0 Å². The summed E-state index contributed by atoms with van der Waals surface area (Å²) in [5.41, 5.74) is 2.55. The molecule has 3 nitrogen and oxygen atoms in total. The average Bonchev–Trinajstić information content (AvgIpc) is 2.84. The van der Waals surface area contributed by atoms with Crippen molar-refractivity contribution in [1.82, 2.24) is 5.32 Å². The summed E-state index contributed by atoms with van der Waals surface area (Å²) in [6.07, 6.45) is 3.30. The van der Waals surface area contributed by atoms with Crippen molar-refractivity contribution in [2.45, 2.75) is 38.8 Å². The van der Waals surface area contributed by atoms with Gasteiger partial charge in [0.25, 0.3) is 0 Å². The van der Waals surface area contributed by atoms with Crippen molar-refractivity contribution >= 4 is 15.9 Å². The minimum absolute atomic E-state index is 0.408. The van der Waals surface area contributed by atoms with Gasteiger partial charge >= 0.3 is 0 Å². The summed E-state index contributed by atoms with van der Waals surface area (Å²) in [6.45, 7) is 4.58. The first-order valence-electron chi connectivity index (χ1n) is 6.91. The largest absolute Gasteiger partial charge is 0.493 e. The van der Waals surface area contributed by atoms with Crippen molar-refractivity contribution in [2.75, 3.05) is 20.3 Å². The molecule has 0 fully saturated rings. The van der Waals surface area contributed by atoms with E-state index in [0.29, 0.717) is 6.04 Å². The molecule has 19 heavy (non-hydrogen) atoms. The highest BCUT2D eigenvalue weighted by atomic mass is 79.9. The summed E-state index contributed by atoms with van der Waals surface area (Å²) >= 11 is 3.58. The van der Waals surface area contributed by atoms with Crippen LogP contribution in [0, 0.1) is 0 Å². The SMILES string of the molecule is CCCC(COC)NCc1cc(Br)cc2c1OCC2. The van der Waals surface area contributed by atoms with Gasteiger partial charge < -0.3 is 14.8 Å². The van der Waals surface area contributed by atoms with Gasteiger partial charge in [-0.15, -0.1) is 0 Å². The number of hydrogen-bond donors (Lipinski definition) is 1. The zero-order valence-electron chi connectivity index (χ0n) is 11.7. The highest BCUT2D eigenvalue weighted by molar-refractivity contribution is 9.10. The number of methoxy groups -OCH3 is 1. The normalized spacial score (nSPS) is 15.1. The number of fused-ring (bicyclic) bond motifs is 1. The molecule has 0 aromatic heterocycles. The molecule has 0 saturated carbocycles. The number of halogens is 1. The summed E-state index contributed by atoms with van der Waals surface area (Å²) < 4.78 is 12.1. The first kappa shape index (κ1) is 14.8. The van der Waals surface area contributed by atoms with Gasteiger partial charge in [0.2, 0.25) is 0 Å². The molecule has 0 spiro atoms. The molecule has 2 rings (SSSR count). The van der Waals surface area contributed by atoms with Crippen LogP contribution >= 0.6 is 15.9 Å². The first-order valence-corrected chi connectivity index (χ1v) is 7.70. The quantitative estimate of drug-likeness (QED) is 0.833. The minimum atomic E-state index is 0.408. The second kappa shape index (κ2) is 7.27. The van der Waals surface area contributed by atoms with Gasteiger partial charge in [-0.25, -0.2) is 0 Å². The number of ether oxygens (including phenoxy) is 2. The zero-order valence-corrected chi connectivity index (χ0v) is 13.3. The standard InChI is InChI=1S/C15H22BrNO2/c1-3-4-14(10-18-2)17-9-12-8-13(16)7-11-5-6-19-15(11)12/h7-8,14,17H,3-6,9-10H2,1-2H3. The summed E-state index contributed by atoms with van der Waals surface area (Å²) in [7, 11) is 1.75. The van der Waals surface area contributed by atoms with E-state index in [1.807, 2.05) is 0 Å². The Balaban J connectivity index is 2.02. The molecule has 4 heteroatoms. The third-order valence-electron chi connectivity index (χ3n) is 3.41. The van der Waals surface area contributed by atoms with Crippen LogP contribution in [0.5, 0.6) is 5.75 Å². The highest BCUT2D eigenvalue weighted by Crippen LogP contribution is 2.32. The monoisotopic (exact) mass is 327 g/mol. The highest BCUT2D eigenvalue weighted by Gasteiger charge is 2.18. The second-order valence-corrected chi connectivity index (χ2v) is 5.89. The molecule has 0 amide bonds. The van der Waals surface area contributed by atoms with E-state index in [2.05, 4.69) is 40.3 Å². The summed E-state index contributed by atoms with van der Waals surface area (Å²) in [6, 6.07) is 4.71. The van der Waals surface area contributed by atoms with Crippen LogP contribution in [0.4, 0.5) is 0 Å². The van der Waals surface area contributed by atoms with Gasteiger partial charge in [0.1, 0.15) is 5.75 Å². The van der Waals surface area contributed by atoms with Gasteiger partial charge in [-0.2, -0.15) is 0 Å². The van der Waals surface area contributed by atoms with Crippen molar-refractivity contribution < 1.29 is 9.47 Å². The molecule has 1 aliphatic heterocycles. The summed E-state index contributed by atoms with van der Waals surface area (Å²) in [5, 5.41) is 3.57. The number of benzene rings is 1. The molecule has 0 aliphatic carbocycles. The van der Waals surface area contributed by atoms with Crippen LogP contribution in [-0.2, 0) is 17.7 Å². The van der Waals surface area contributed by atoms with Gasteiger partial charge in [0.15, 0.2) is 0 Å². The van der Waals surface area contributed by atoms with Crippen molar-refractivity contribution in [3.05, 3.63) is 27.7 Å². The van der Waals surface area contributed by atoms with Crippen LogP contribution in [0.15, 0.2) is 16.6 Å². The maximum Gasteiger partial charge on any atom is 0.127 e. The molecule has 1 aromatic rings. The van der Waals surface area contributed by atoms with Crippen LogP contribution in [0.25, 0.3) is 0 Å². The van der Waals surface area contributed by atoms with Crippen molar-refractivity contribution in [3.63, 3.8) is 0 Å². The maximum absolute atomic E-state index is 5.74. The molecule has 1 atom stereocenters. The fraction of sp³-hybridized carbons (Fsp3) is 0.600. The fourth-order valence-corrected chi connectivity index (χ4v) is 3.08. The molecule has 0 bridgehead atoms.